The molecule has 0 bridgehead atoms. The maximum Gasteiger partial charge on any atom is 0.269 e. The van der Waals surface area contributed by atoms with Gasteiger partial charge in [0.1, 0.15) is 0 Å². The summed E-state index contributed by atoms with van der Waals surface area (Å²) in [4.78, 5) is 22.2. The maximum atomic E-state index is 12.1. The number of carbonyl (C=O) groups excluding carboxylic acids is 1. The van der Waals surface area contributed by atoms with Gasteiger partial charge >= 0.3 is 0 Å². The number of allylic oxidation sites excluding steroid dienone is 1. The number of nitro benzene ring substituents is 1. The quantitative estimate of drug-likeness (QED) is 0.375. The van der Waals surface area contributed by atoms with Gasteiger partial charge in [-0.05, 0) is 42.0 Å². The van der Waals surface area contributed by atoms with Crippen LogP contribution in [0.1, 0.15) is 15.9 Å². The highest BCUT2D eigenvalue weighted by Crippen LogP contribution is 2.32. The fraction of sp³-hybridized carbons (Fsp3) is 0.0625. The first kappa shape index (κ1) is 13.8. The predicted octanol–water partition coefficient (Wildman–Crippen LogP) is 3.22. The van der Waals surface area contributed by atoms with Gasteiger partial charge in [0, 0.05) is 17.7 Å². The van der Waals surface area contributed by atoms with Crippen molar-refractivity contribution in [3.05, 3.63) is 69.8 Å². The molecule has 1 heterocycles. The van der Waals surface area contributed by atoms with Crippen LogP contribution in [0.3, 0.4) is 0 Å². The molecule has 0 N–H and O–H groups in total. The number of carbonyl (C=O) groups is 1. The van der Waals surface area contributed by atoms with E-state index in [1.54, 1.807) is 36.4 Å². The molecule has 0 aliphatic carbocycles. The zero-order chi connectivity index (χ0) is 15.5. The van der Waals surface area contributed by atoms with Gasteiger partial charge in [0.15, 0.2) is 17.3 Å². The maximum absolute atomic E-state index is 12.1. The Morgan fingerprint density at radius 2 is 1.82 bits per heavy atom. The van der Waals surface area contributed by atoms with Crippen LogP contribution in [0.15, 0.2) is 48.5 Å². The van der Waals surface area contributed by atoms with Crippen LogP contribution < -0.4 is 9.47 Å². The van der Waals surface area contributed by atoms with E-state index in [0.717, 1.165) is 0 Å². The Bertz CT molecular complexity index is 765. The number of nitro groups is 1. The molecule has 1 aliphatic rings. The third-order valence-corrected chi connectivity index (χ3v) is 3.19. The first-order valence-corrected chi connectivity index (χ1v) is 6.50. The van der Waals surface area contributed by atoms with E-state index in [1.807, 2.05) is 0 Å². The van der Waals surface area contributed by atoms with Gasteiger partial charge in [0.05, 0.1) is 4.92 Å². The van der Waals surface area contributed by atoms with Gasteiger partial charge in [-0.3, -0.25) is 14.9 Å². The van der Waals surface area contributed by atoms with Crippen molar-refractivity contribution in [3.8, 4) is 11.5 Å². The second-order valence-electron chi connectivity index (χ2n) is 4.61. The van der Waals surface area contributed by atoms with Crippen LogP contribution in [0.5, 0.6) is 11.5 Å². The minimum atomic E-state index is -0.467. The van der Waals surface area contributed by atoms with Gasteiger partial charge < -0.3 is 9.47 Å². The van der Waals surface area contributed by atoms with Crippen LogP contribution in [0.4, 0.5) is 5.69 Å². The van der Waals surface area contributed by atoms with E-state index in [4.69, 9.17) is 9.47 Å². The Morgan fingerprint density at radius 1 is 1.09 bits per heavy atom. The summed E-state index contributed by atoms with van der Waals surface area (Å²) in [7, 11) is 0. The third-order valence-electron chi connectivity index (χ3n) is 3.19. The molecule has 0 atom stereocenters. The van der Waals surface area contributed by atoms with Crippen molar-refractivity contribution in [2.24, 2.45) is 0 Å². The van der Waals surface area contributed by atoms with Crippen molar-refractivity contribution < 1.29 is 19.2 Å². The number of ketones is 1. The highest BCUT2D eigenvalue weighted by molar-refractivity contribution is 6.07. The first-order valence-electron chi connectivity index (χ1n) is 6.50. The van der Waals surface area contributed by atoms with E-state index in [9.17, 15) is 14.9 Å². The van der Waals surface area contributed by atoms with Gasteiger partial charge in [0.25, 0.3) is 5.69 Å². The minimum Gasteiger partial charge on any atom is -0.454 e. The molecule has 6 nitrogen and oxygen atoms in total. The number of ether oxygens (including phenoxy) is 2. The molecule has 3 rings (SSSR count). The van der Waals surface area contributed by atoms with Crippen molar-refractivity contribution in [1.82, 2.24) is 0 Å². The van der Waals surface area contributed by atoms with Crippen molar-refractivity contribution in [2.45, 2.75) is 0 Å². The summed E-state index contributed by atoms with van der Waals surface area (Å²) in [5.74, 6) is 0.988. The second-order valence-corrected chi connectivity index (χ2v) is 4.61. The summed E-state index contributed by atoms with van der Waals surface area (Å²) >= 11 is 0. The van der Waals surface area contributed by atoms with Crippen LogP contribution >= 0.6 is 0 Å². The van der Waals surface area contributed by atoms with Gasteiger partial charge in [-0.1, -0.05) is 6.08 Å². The van der Waals surface area contributed by atoms with E-state index in [1.165, 1.54) is 18.2 Å². The Morgan fingerprint density at radius 3 is 2.55 bits per heavy atom. The number of hydrogen-bond donors (Lipinski definition) is 0. The molecule has 0 amide bonds. The molecule has 0 saturated heterocycles. The number of non-ortho nitro benzene ring substituents is 1. The number of nitrogens with zero attached hydrogens (tertiary/aromatic N) is 1. The lowest BCUT2D eigenvalue weighted by Crippen LogP contribution is -1.94. The highest BCUT2D eigenvalue weighted by atomic mass is 16.7. The Labute approximate surface area is 125 Å². The van der Waals surface area contributed by atoms with Gasteiger partial charge in [-0.15, -0.1) is 0 Å². The lowest BCUT2D eigenvalue weighted by atomic mass is 10.1. The molecule has 2 aromatic carbocycles. The van der Waals surface area contributed by atoms with Gasteiger partial charge in [-0.2, -0.15) is 0 Å². The number of hydrogen-bond acceptors (Lipinski definition) is 5. The highest BCUT2D eigenvalue weighted by Gasteiger charge is 2.15. The summed E-state index contributed by atoms with van der Waals surface area (Å²) in [6, 6.07) is 10.9. The van der Waals surface area contributed by atoms with Crippen molar-refractivity contribution in [1.29, 1.82) is 0 Å². The predicted molar refractivity (Wildman–Crippen MR) is 79.0 cm³/mol. The van der Waals surface area contributed by atoms with Crippen molar-refractivity contribution >= 4 is 17.5 Å². The molecule has 0 spiro atoms. The molecule has 1 aliphatic heterocycles. The summed E-state index contributed by atoms with van der Waals surface area (Å²) < 4.78 is 10.4. The summed E-state index contributed by atoms with van der Waals surface area (Å²) in [6.07, 6.45) is 3.02. The average molecular weight is 297 g/mol. The molecule has 0 radical (unpaired) electrons. The first-order chi connectivity index (χ1) is 10.6. The van der Waals surface area contributed by atoms with Crippen molar-refractivity contribution in [3.63, 3.8) is 0 Å². The molecule has 22 heavy (non-hydrogen) atoms. The van der Waals surface area contributed by atoms with Crippen LogP contribution in [-0.4, -0.2) is 17.5 Å². The molecule has 0 unspecified atom stereocenters. The largest absolute Gasteiger partial charge is 0.454 e. The lowest BCUT2D eigenvalue weighted by molar-refractivity contribution is -0.384. The van der Waals surface area contributed by atoms with Crippen LogP contribution in [0.25, 0.3) is 6.08 Å². The molecular weight excluding hydrogens is 286 g/mol. The van der Waals surface area contributed by atoms with Gasteiger partial charge in [0.2, 0.25) is 6.79 Å². The monoisotopic (exact) mass is 297 g/mol. The molecule has 0 saturated carbocycles. The van der Waals surface area contributed by atoms with E-state index in [2.05, 4.69) is 0 Å². The minimum absolute atomic E-state index is 0.0132. The summed E-state index contributed by atoms with van der Waals surface area (Å²) in [5.41, 5.74) is 1.21. The van der Waals surface area contributed by atoms with E-state index < -0.39 is 4.92 Å². The zero-order valence-corrected chi connectivity index (χ0v) is 11.4. The average Bonchev–Trinajstić information content (AvgIpc) is 3.00. The Balaban J connectivity index is 1.74. The Hall–Kier alpha value is -3.15. The molecule has 0 fully saturated rings. The summed E-state index contributed by atoms with van der Waals surface area (Å²) in [6.45, 7) is 0.158. The van der Waals surface area contributed by atoms with E-state index >= 15 is 0 Å². The fourth-order valence-corrected chi connectivity index (χ4v) is 2.03. The van der Waals surface area contributed by atoms with Crippen LogP contribution in [0, 0.1) is 10.1 Å². The SMILES string of the molecule is O=C(C=Cc1ccc([N+](=O)[O-])cc1)c1ccc2c(c1)OCO2. The van der Waals surface area contributed by atoms with Gasteiger partial charge in [-0.25, -0.2) is 0 Å². The van der Waals surface area contributed by atoms with Crippen LogP contribution in [-0.2, 0) is 0 Å². The summed E-state index contributed by atoms with van der Waals surface area (Å²) in [5, 5.41) is 10.6. The van der Waals surface area contributed by atoms with Crippen molar-refractivity contribution in [2.75, 3.05) is 6.79 Å². The Kier molecular flexibility index (Phi) is 3.57. The molecule has 2 aromatic rings. The smallest absolute Gasteiger partial charge is 0.269 e. The zero-order valence-electron chi connectivity index (χ0n) is 11.4. The normalized spacial score (nSPS) is 12.5. The van der Waals surface area contributed by atoms with E-state index in [-0.39, 0.29) is 18.3 Å². The molecular formula is C16H11NO5. The molecule has 0 aromatic heterocycles. The fourth-order valence-electron chi connectivity index (χ4n) is 2.03. The third kappa shape index (κ3) is 2.80. The number of rotatable bonds is 4. The number of benzene rings is 2. The van der Waals surface area contributed by atoms with Crippen LogP contribution in [0.2, 0.25) is 0 Å². The van der Waals surface area contributed by atoms with E-state index in [0.29, 0.717) is 22.6 Å². The molecule has 6 heteroatoms. The molecule has 110 valence electrons. The topological polar surface area (TPSA) is 78.7 Å². The second kappa shape index (κ2) is 5.69. The standard InChI is InChI=1S/C16H11NO5/c18-14(12-4-8-15-16(9-12)22-10-21-15)7-3-11-1-5-13(6-2-11)17(19)20/h1-9H,10H2. The number of fused-ring (bicyclic) bond motifs is 1. The lowest BCUT2D eigenvalue weighted by Gasteiger charge is -1.99.